The van der Waals surface area contributed by atoms with Gasteiger partial charge in [-0.2, -0.15) is 11.8 Å². The highest BCUT2D eigenvalue weighted by Gasteiger charge is 2.07. The van der Waals surface area contributed by atoms with E-state index in [0.717, 1.165) is 23.5 Å². The van der Waals surface area contributed by atoms with Crippen LogP contribution in [0.4, 0.5) is 0 Å². The Kier molecular flexibility index (Phi) is 6.22. The minimum absolute atomic E-state index is 0.317. The summed E-state index contributed by atoms with van der Waals surface area (Å²) in [7, 11) is 1.63. The first-order valence-corrected chi connectivity index (χ1v) is 7.18. The highest BCUT2D eigenvalue weighted by atomic mass is 32.2. The molecule has 0 amide bonds. The van der Waals surface area contributed by atoms with Gasteiger partial charge in [-0.05, 0) is 30.9 Å². The van der Waals surface area contributed by atoms with Gasteiger partial charge in [0, 0.05) is 23.9 Å². The van der Waals surface area contributed by atoms with Gasteiger partial charge in [-0.3, -0.25) is 0 Å². The molecule has 0 aliphatic heterocycles. The summed E-state index contributed by atoms with van der Waals surface area (Å²) in [5.41, 5.74) is 0.879. The van der Waals surface area contributed by atoms with Gasteiger partial charge < -0.3 is 15.2 Å². The molecule has 1 atom stereocenters. The summed E-state index contributed by atoms with van der Waals surface area (Å²) >= 11 is 1.83. The molecule has 1 unspecified atom stereocenters. The molecule has 0 heterocycles. The van der Waals surface area contributed by atoms with Crippen molar-refractivity contribution in [2.75, 3.05) is 19.1 Å². The van der Waals surface area contributed by atoms with E-state index >= 15 is 0 Å². The molecular formula is C13H21NO2S. The fourth-order valence-electron chi connectivity index (χ4n) is 1.61. The zero-order valence-electron chi connectivity index (χ0n) is 10.7. The molecule has 0 fully saturated rings. The third-order valence-corrected chi connectivity index (χ3v) is 3.46. The van der Waals surface area contributed by atoms with Crippen molar-refractivity contribution in [2.24, 2.45) is 0 Å². The number of hydrogen-bond donors (Lipinski definition) is 2. The van der Waals surface area contributed by atoms with Gasteiger partial charge in [-0.15, -0.1) is 0 Å². The molecule has 0 aliphatic rings. The van der Waals surface area contributed by atoms with E-state index in [4.69, 9.17) is 4.74 Å². The molecule has 0 spiro atoms. The molecule has 0 bridgehead atoms. The number of ether oxygens (including phenoxy) is 1. The SMILES string of the molecule is CCC(CSC)NCc1cc(OC)ccc1O. The van der Waals surface area contributed by atoms with Crippen molar-refractivity contribution in [2.45, 2.75) is 25.9 Å². The van der Waals surface area contributed by atoms with E-state index in [1.165, 1.54) is 0 Å². The average molecular weight is 255 g/mol. The third kappa shape index (κ3) is 4.48. The van der Waals surface area contributed by atoms with Gasteiger partial charge in [-0.25, -0.2) is 0 Å². The van der Waals surface area contributed by atoms with Gasteiger partial charge >= 0.3 is 0 Å². The van der Waals surface area contributed by atoms with Gasteiger partial charge in [0.05, 0.1) is 7.11 Å². The second-order valence-electron chi connectivity index (χ2n) is 3.94. The van der Waals surface area contributed by atoms with Crippen LogP contribution >= 0.6 is 11.8 Å². The molecule has 17 heavy (non-hydrogen) atoms. The predicted molar refractivity (Wildman–Crippen MR) is 74.0 cm³/mol. The molecule has 1 aromatic rings. The summed E-state index contributed by atoms with van der Waals surface area (Å²) < 4.78 is 5.15. The zero-order chi connectivity index (χ0) is 12.7. The van der Waals surface area contributed by atoms with Crippen LogP contribution in [-0.2, 0) is 6.54 Å². The average Bonchev–Trinajstić information content (AvgIpc) is 2.36. The number of thioether (sulfide) groups is 1. The highest BCUT2D eigenvalue weighted by molar-refractivity contribution is 7.98. The van der Waals surface area contributed by atoms with E-state index in [2.05, 4.69) is 18.5 Å². The second-order valence-corrected chi connectivity index (χ2v) is 4.85. The van der Waals surface area contributed by atoms with Gasteiger partial charge in [0.1, 0.15) is 11.5 Å². The minimum Gasteiger partial charge on any atom is -0.508 e. The summed E-state index contributed by atoms with van der Waals surface area (Å²) in [5, 5.41) is 13.2. The smallest absolute Gasteiger partial charge is 0.120 e. The van der Waals surface area contributed by atoms with E-state index < -0.39 is 0 Å². The quantitative estimate of drug-likeness (QED) is 0.786. The molecule has 0 saturated heterocycles. The molecule has 0 radical (unpaired) electrons. The Labute approximate surface area is 108 Å². The normalized spacial score (nSPS) is 12.4. The first-order valence-electron chi connectivity index (χ1n) is 5.79. The fourth-order valence-corrected chi connectivity index (χ4v) is 2.36. The Hall–Kier alpha value is -0.870. The van der Waals surface area contributed by atoms with Crippen LogP contribution in [0.25, 0.3) is 0 Å². The van der Waals surface area contributed by atoms with Crippen LogP contribution in [0.1, 0.15) is 18.9 Å². The van der Waals surface area contributed by atoms with Crippen LogP contribution in [0, 0.1) is 0 Å². The van der Waals surface area contributed by atoms with Crippen molar-refractivity contribution < 1.29 is 9.84 Å². The maximum absolute atomic E-state index is 9.75. The van der Waals surface area contributed by atoms with E-state index in [9.17, 15) is 5.11 Å². The summed E-state index contributed by atoms with van der Waals surface area (Å²) in [6, 6.07) is 5.79. The van der Waals surface area contributed by atoms with E-state index in [0.29, 0.717) is 18.3 Å². The van der Waals surface area contributed by atoms with Gasteiger partial charge in [0.15, 0.2) is 0 Å². The second kappa shape index (κ2) is 7.45. The standard InChI is InChI=1S/C13H21NO2S/c1-4-11(9-17-3)14-8-10-7-12(16-2)5-6-13(10)15/h5-7,11,14-15H,4,8-9H2,1-3H3. The van der Waals surface area contributed by atoms with Crippen LogP contribution in [-0.4, -0.2) is 30.3 Å². The van der Waals surface area contributed by atoms with Crippen LogP contribution in [0.15, 0.2) is 18.2 Å². The zero-order valence-corrected chi connectivity index (χ0v) is 11.5. The summed E-state index contributed by atoms with van der Waals surface area (Å²) in [6.45, 7) is 2.83. The fraction of sp³-hybridized carbons (Fsp3) is 0.538. The molecule has 0 aromatic heterocycles. The van der Waals surface area contributed by atoms with Gasteiger partial charge in [0.25, 0.3) is 0 Å². The van der Waals surface area contributed by atoms with Crippen molar-refractivity contribution in [3.63, 3.8) is 0 Å². The molecular weight excluding hydrogens is 234 g/mol. The number of phenols is 1. The maximum Gasteiger partial charge on any atom is 0.120 e. The Morgan fingerprint density at radius 2 is 2.24 bits per heavy atom. The Bertz CT molecular complexity index is 344. The highest BCUT2D eigenvalue weighted by Crippen LogP contribution is 2.22. The van der Waals surface area contributed by atoms with Crippen molar-refractivity contribution in [3.8, 4) is 11.5 Å². The summed E-state index contributed by atoms with van der Waals surface area (Å²) in [5.74, 6) is 2.18. The van der Waals surface area contributed by atoms with Crippen molar-refractivity contribution in [3.05, 3.63) is 23.8 Å². The molecule has 0 saturated carbocycles. The molecule has 96 valence electrons. The summed E-state index contributed by atoms with van der Waals surface area (Å²) in [6.07, 6.45) is 3.19. The van der Waals surface area contributed by atoms with E-state index in [1.807, 2.05) is 17.8 Å². The van der Waals surface area contributed by atoms with Crippen LogP contribution in [0.5, 0.6) is 11.5 Å². The van der Waals surface area contributed by atoms with Gasteiger partial charge in [-0.1, -0.05) is 6.92 Å². The molecule has 2 N–H and O–H groups in total. The molecule has 3 nitrogen and oxygen atoms in total. The Balaban J connectivity index is 2.60. The lowest BCUT2D eigenvalue weighted by Crippen LogP contribution is -2.30. The Morgan fingerprint density at radius 1 is 1.47 bits per heavy atom. The van der Waals surface area contributed by atoms with Crippen LogP contribution < -0.4 is 10.1 Å². The predicted octanol–water partition coefficient (Wildman–Crippen LogP) is 2.63. The maximum atomic E-state index is 9.75. The monoisotopic (exact) mass is 255 g/mol. The molecule has 1 rings (SSSR count). The minimum atomic E-state index is 0.317. The lowest BCUT2D eigenvalue weighted by molar-refractivity contribution is 0.409. The number of aromatic hydroxyl groups is 1. The van der Waals surface area contributed by atoms with Crippen molar-refractivity contribution in [1.29, 1.82) is 0 Å². The number of methoxy groups -OCH3 is 1. The molecule has 1 aromatic carbocycles. The van der Waals surface area contributed by atoms with E-state index in [-0.39, 0.29) is 0 Å². The largest absolute Gasteiger partial charge is 0.508 e. The molecule has 4 heteroatoms. The number of phenolic OH excluding ortho intramolecular Hbond substituents is 1. The Morgan fingerprint density at radius 3 is 2.82 bits per heavy atom. The van der Waals surface area contributed by atoms with Gasteiger partial charge in [0.2, 0.25) is 0 Å². The summed E-state index contributed by atoms with van der Waals surface area (Å²) in [4.78, 5) is 0. The topological polar surface area (TPSA) is 41.5 Å². The number of benzene rings is 1. The lowest BCUT2D eigenvalue weighted by atomic mass is 10.1. The lowest BCUT2D eigenvalue weighted by Gasteiger charge is -2.16. The van der Waals surface area contributed by atoms with Crippen LogP contribution in [0.3, 0.4) is 0 Å². The van der Waals surface area contributed by atoms with E-state index in [1.54, 1.807) is 19.2 Å². The van der Waals surface area contributed by atoms with Crippen LogP contribution in [0.2, 0.25) is 0 Å². The number of nitrogens with one attached hydrogen (secondary N) is 1. The number of rotatable bonds is 7. The first-order chi connectivity index (χ1) is 8.21. The number of hydrogen-bond acceptors (Lipinski definition) is 4. The van der Waals surface area contributed by atoms with Crippen molar-refractivity contribution in [1.82, 2.24) is 5.32 Å². The molecule has 0 aliphatic carbocycles. The van der Waals surface area contributed by atoms with Crippen molar-refractivity contribution >= 4 is 11.8 Å². The third-order valence-electron chi connectivity index (χ3n) is 2.73. The first kappa shape index (κ1) is 14.2.